The van der Waals surface area contributed by atoms with E-state index in [4.69, 9.17) is 20.4 Å². The summed E-state index contributed by atoms with van der Waals surface area (Å²) in [5, 5.41) is 4.16. The molecule has 0 bridgehead atoms. The van der Waals surface area contributed by atoms with E-state index in [1.807, 2.05) is 36.4 Å². The Morgan fingerprint density at radius 1 is 1.00 bits per heavy atom. The maximum absolute atomic E-state index is 12.6. The molecule has 0 unspecified atom stereocenters. The Hall–Kier alpha value is -3.64. The number of pyridine rings is 1. The molecule has 0 spiro atoms. The van der Waals surface area contributed by atoms with Crippen LogP contribution in [0.3, 0.4) is 0 Å². The van der Waals surface area contributed by atoms with Crippen LogP contribution in [-0.2, 0) is 0 Å². The number of fused-ring (bicyclic) bond motifs is 2. The minimum absolute atomic E-state index is 0.231. The third-order valence-electron chi connectivity index (χ3n) is 4.32. The van der Waals surface area contributed by atoms with Gasteiger partial charge in [-0.2, -0.15) is 0 Å². The fourth-order valence-electron chi connectivity index (χ4n) is 2.98. The number of anilines is 1. The number of amides is 1. The Morgan fingerprint density at radius 3 is 2.71 bits per heavy atom. The minimum atomic E-state index is -0.352. The van der Waals surface area contributed by atoms with E-state index < -0.39 is 0 Å². The molecule has 0 aliphatic rings. The van der Waals surface area contributed by atoms with Crippen LogP contribution >= 0.6 is 11.6 Å². The average Bonchev–Trinajstić information content (AvgIpc) is 3.33. The lowest BCUT2D eigenvalue weighted by Crippen LogP contribution is -2.10. The molecule has 136 valence electrons. The molecule has 7 heteroatoms. The molecule has 0 saturated carbocycles. The topological polar surface area (TPSA) is 82.4 Å². The summed E-state index contributed by atoms with van der Waals surface area (Å²) in [6.07, 6.45) is 1.76. The molecule has 1 amide bonds. The lowest BCUT2D eigenvalue weighted by Gasteiger charge is -2.05. The number of oxazole rings is 1. The second-order valence-corrected chi connectivity index (χ2v) is 6.61. The Bertz CT molecular complexity index is 1270. The number of nitrogens with one attached hydrogen (secondary N) is 2. The normalized spacial score (nSPS) is 11.2. The Balaban J connectivity index is 1.47. The van der Waals surface area contributed by atoms with Crippen LogP contribution in [0.25, 0.3) is 33.7 Å². The second kappa shape index (κ2) is 6.51. The number of hydrogen-bond donors (Lipinski definition) is 1. The van der Waals surface area contributed by atoms with Crippen molar-refractivity contribution in [1.82, 2.24) is 4.98 Å². The van der Waals surface area contributed by atoms with Crippen molar-refractivity contribution in [1.29, 1.82) is 0 Å². The fourth-order valence-corrected chi connectivity index (χ4v) is 3.18. The van der Waals surface area contributed by atoms with Crippen molar-refractivity contribution in [2.75, 3.05) is 5.32 Å². The van der Waals surface area contributed by atoms with Gasteiger partial charge in [-0.1, -0.05) is 29.8 Å². The zero-order valence-corrected chi connectivity index (χ0v) is 15.2. The third kappa shape index (κ3) is 2.90. The van der Waals surface area contributed by atoms with E-state index in [9.17, 15) is 4.79 Å². The van der Waals surface area contributed by atoms with Gasteiger partial charge in [-0.25, -0.2) is 4.98 Å². The zero-order valence-electron chi connectivity index (χ0n) is 14.4. The van der Waals surface area contributed by atoms with Crippen LogP contribution in [0.15, 0.2) is 75.7 Å². The first-order valence-corrected chi connectivity index (χ1v) is 8.92. The van der Waals surface area contributed by atoms with E-state index in [1.165, 1.54) is 0 Å². The largest absolute Gasteiger partial charge is 0.451 e. The van der Waals surface area contributed by atoms with E-state index >= 15 is 0 Å². The summed E-state index contributed by atoms with van der Waals surface area (Å²) in [6, 6.07) is 17.9. The number of carbonyl (C=O) groups is 1. The predicted molar refractivity (Wildman–Crippen MR) is 105 cm³/mol. The summed E-state index contributed by atoms with van der Waals surface area (Å²) < 4.78 is 11.4. The van der Waals surface area contributed by atoms with Crippen molar-refractivity contribution in [3.63, 3.8) is 0 Å². The first-order chi connectivity index (χ1) is 13.7. The monoisotopic (exact) mass is 390 g/mol. The molecule has 0 saturated heterocycles. The van der Waals surface area contributed by atoms with Gasteiger partial charge >= 0.3 is 11.5 Å². The number of benzene rings is 2. The smallest absolute Gasteiger partial charge is 0.368 e. The molecule has 0 radical (unpaired) electrons. The Kier molecular flexibility index (Phi) is 3.84. The number of furan rings is 1. The van der Waals surface area contributed by atoms with E-state index in [0.717, 1.165) is 5.39 Å². The van der Waals surface area contributed by atoms with Gasteiger partial charge in [-0.15, -0.1) is 0 Å². The second-order valence-electron chi connectivity index (χ2n) is 6.20. The number of H-pyrrole nitrogens is 1. The average molecular weight is 391 g/mol. The number of carbonyl (C=O) groups excluding carboxylic acids is 1. The van der Waals surface area contributed by atoms with Gasteiger partial charge in [0.15, 0.2) is 5.76 Å². The van der Waals surface area contributed by atoms with Crippen LogP contribution in [0.4, 0.5) is 5.69 Å². The number of hydrogen-bond acceptors (Lipinski definition) is 4. The molecule has 0 atom stereocenters. The molecule has 3 aromatic heterocycles. The van der Waals surface area contributed by atoms with Gasteiger partial charge in [0.05, 0.1) is 16.8 Å². The van der Waals surface area contributed by atoms with Crippen LogP contribution < -0.4 is 10.3 Å². The number of para-hydroxylation sites is 1. The molecular formula is C21H13ClN3O3+. The number of rotatable bonds is 3. The number of aromatic amines is 1. The lowest BCUT2D eigenvalue weighted by atomic mass is 10.2. The van der Waals surface area contributed by atoms with Gasteiger partial charge in [0.25, 0.3) is 5.91 Å². The summed E-state index contributed by atoms with van der Waals surface area (Å²) in [6.45, 7) is 0. The quantitative estimate of drug-likeness (QED) is 0.472. The molecule has 0 aliphatic heterocycles. The molecule has 28 heavy (non-hydrogen) atoms. The fraction of sp³-hybridized carbons (Fsp3) is 0. The first-order valence-electron chi connectivity index (χ1n) is 8.54. The van der Waals surface area contributed by atoms with Crippen molar-refractivity contribution in [2.24, 2.45) is 0 Å². The van der Waals surface area contributed by atoms with E-state index in [2.05, 4.69) is 15.3 Å². The van der Waals surface area contributed by atoms with E-state index in [-0.39, 0.29) is 11.7 Å². The predicted octanol–water partition coefficient (Wildman–Crippen LogP) is 4.96. The molecule has 0 aliphatic carbocycles. The highest BCUT2D eigenvalue weighted by molar-refractivity contribution is 6.33. The molecule has 5 aromatic rings. The number of halogens is 1. The molecule has 2 aromatic carbocycles. The molecule has 2 N–H and O–H groups in total. The van der Waals surface area contributed by atoms with Crippen molar-refractivity contribution in [3.8, 4) is 11.5 Å². The van der Waals surface area contributed by atoms with Gasteiger partial charge < -0.3 is 14.2 Å². The maximum atomic E-state index is 12.6. The summed E-state index contributed by atoms with van der Waals surface area (Å²) in [5.41, 5.74) is 3.02. The van der Waals surface area contributed by atoms with Gasteiger partial charge in [-0.05, 0) is 42.5 Å². The van der Waals surface area contributed by atoms with Crippen LogP contribution in [-0.4, -0.2) is 10.9 Å². The van der Waals surface area contributed by atoms with Gasteiger partial charge in [0, 0.05) is 16.1 Å². The summed E-state index contributed by atoms with van der Waals surface area (Å²) in [4.78, 5) is 20.0. The van der Waals surface area contributed by atoms with Crippen molar-refractivity contribution >= 4 is 45.4 Å². The van der Waals surface area contributed by atoms with Crippen molar-refractivity contribution in [2.45, 2.75) is 0 Å². The number of nitrogens with zero attached hydrogens (tertiary/aromatic N) is 1. The summed E-state index contributed by atoms with van der Waals surface area (Å²) in [7, 11) is 0. The summed E-state index contributed by atoms with van der Waals surface area (Å²) >= 11 is 6.32. The number of aromatic nitrogens is 2. The Labute approximate surface area is 163 Å². The van der Waals surface area contributed by atoms with Gasteiger partial charge in [-0.3, -0.25) is 4.79 Å². The molecule has 6 nitrogen and oxygen atoms in total. The highest BCUT2D eigenvalue weighted by Gasteiger charge is 2.20. The highest BCUT2D eigenvalue weighted by atomic mass is 35.5. The van der Waals surface area contributed by atoms with Crippen molar-refractivity contribution < 1.29 is 18.6 Å². The lowest BCUT2D eigenvalue weighted by molar-refractivity contribution is -0.347. The summed E-state index contributed by atoms with van der Waals surface area (Å²) in [5.74, 6) is 0.242. The van der Waals surface area contributed by atoms with Crippen LogP contribution in [0, 0.1) is 0 Å². The van der Waals surface area contributed by atoms with Crippen molar-refractivity contribution in [3.05, 3.63) is 77.6 Å². The minimum Gasteiger partial charge on any atom is -0.451 e. The van der Waals surface area contributed by atoms with Crippen LogP contribution in [0.2, 0.25) is 5.02 Å². The maximum Gasteiger partial charge on any atom is 0.368 e. The third-order valence-corrected chi connectivity index (χ3v) is 4.65. The molecule has 5 rings (SSSR count). The molecule has 3 heterocycles. The highest BCUT2D eigenvalue weighted by Crippen LogP contribution is 2.31. The van der Waals surface area contributed by atoms with E-state index in [1.54, 1.807) is 30.5 Å². The van der Waals surface area contributed by atoms with Crippen LogP contribution in [0.1, 0.15) is 10.6 Å². The SMILES string of the molecule is O=C(Nc1ccc(Cl)c(-c2nc3[nH+]cccc3o2)c1)c1cc2ccccc2o1. The standard InChI is InChI=1S/C21H12ClN3O3/c22-15-8-7-13(11-14(15)21-25-19-17(28-21)6-3-9-23-19)24-20(26)18-10-12-4-1-2-5-16(12)27-18/h1-11H,(H,24,26)/p+1. The Morgan fingerprint density at radius 2 is 1.86 bits per heavy atom. The molecular weight excluding hydrogens is 378 g/mol. The molecule has 0 fully saturated rings. The van der Waals surface area contributed by atoms with Gasteiger partial charge in [0.1, 0.15) is 5.58 Å². The van der Waals surface area contributed by atoms with E-state index in [0.29, 0.717) is 39.0 Å². The van der Waals surface area contributed by atoms with Crippen LogP contribution in [0.5, 0.6) is 0 Å². The van der Waals surface area contributed by atoms with Gasteiger partial charge in [0.2, 0.25) is 5.58 Å². The first kappa shape index (κ1) is 16.5. The zero-order chi connectivity index (χ0) is 19.1.